The number of rotatable bonds is 6. The van der Waals surface area contributed by atoms with Gasteiger partial charge in [0.2, 0.25) is 0 Å². The van der Waals surface area contributed by atoms with Gasteiger partial charge in [0, 0.05) is 26.1 Å². The van der Waals surface area contributed by atoms with E-state index in [-0.39, 0.29) is 0 Å². The third kappa shape index (κ3) is 3.09. The first-order chi connectivity index (χ1) is 6.79. The van der Waals surface area contributed by atoms with Crippen molar-refractivity contribution in [1.82, 2.24) is 0 Å². The summed E-state index contributed by atoms with van der Waals surface area (Å²) in [7, 11) is 1.73. The molecule has 0 spiro atoms. The second-order valence-electron chi connectivity index (χ2n) is 4.32. The fourth-order valence-corrected chi connectivity index (χ4v) is 2.40. The monoisotopic (exact) mass is 198 g/mol. The minimum Gasteiger partial charge on any atom is -0.384 e. The van der Waals surface area contributed by atoms with Crippen LogP contribution >= 0.6 is 0 Å². The molecule has 2 unspecified atom stereocenters. The molecule has 0 N–H and O–H groups in total. The molecule has 1 aliphatic carbocycles. The first-order valence-corrected chi connectivity index (χ1v) is 5.81. The number of hydrogen-bond acceptors (Lipinski definition) is 2. The highest BCUT2D eigenvalue weighted by atomic mass is 16.5. The Labute approximate surface area is 87.0 Å². The number of unbranched alkanes of at least 4 members (excludes halogenated alkanes) is 2. The second-order valence-corrected chi connectivity index (χ2v) is 4.32. The van der Waals surface area contributed by atoms with Gasteiger partial charge in [-0.05, 0) is 18.8 Å². The number of hydrogen-bond donors (Lipinski definition) is 0. The van der Waals surface area contributed by atoms with E-state index in [4.69, 9.17) is 4.74 Å². The Morgan fingerprint density at radius 1 is 1.43 bits per heavy atom. The molecule has 0 aromatic heterocycles. The van der Waals surface area contributed by atoms with Crippen molar-refractivity contribution < 1.29 is 9.53 Å². The standard InChI is InChI=1S/C12H22O2/c1-3-4-5-6-11-10(9-14-2)7-8-12(11)13/h10-11H,3-9H2,1-2H3. The van der Waals surface area contributed by atoms with Crippen molar-refractivity contribution in [2.24, 2.45) is 11.8 Å². The van der Waals surface area contributed by atoms with Gasteiger partial charge >= 0.3 is 0 Å². The van der Waals surface area contributed by atoms with E-state index in [0.29, 0.717) is 17.6 Å². The summed E-state index contributed by atoms with van der Waals surface area (Å²) < 4.78 is 5.16. The summed E-state index contributed by atoms with van der Waals surface area (Å²) in [5.41, 5.74) is 0. The Kier molecular flexibility index (Phi) is 5.16. The first-order valence-electron chi connectivity index (χ1n) is 5.81. The minimum absolute atomic E-state index is 0.307. The number of ketones is 1. The molecule has 0 aliphatic heterocycles. The van der Waals surface area contributed by atoms with Gasteiger partial charge in [-0.3, -0.25) is 4.79 Å². The van der Waals surface area contributed by atoms with Crippen LogP contribution in [-0.4, -0.2) is 19.5 Å². The zero-order valence-corrected chi connectivity index (χ0v) is 9.42. The van der Waals surface area contributed by atoms with Gasteiger partial charge in [-0.2, -0.15) is 0 Å². The lowest BCUT2D eigenvalue weighted by Gasteiger charge is -2.16. The molecule has 1 saturated carbocycles. The molecule has 0 amide bonds. The predicted molar refractivity (Wildman–Crippen MR) is 57.2 cm³/mol. The highest BCUT2D eigenvalue weighted by molar-refractivity contribution is 5.83. The lowest BCUT2D eigenvalue weighted by atomic mass is 9.91. The van der Waals surface area contributed by atoms with E-state index < -0.39 is 0 Å². The maximum atomic E-state index is 11.6. The highest BCUT2D eigenvalue weighted by Gasteiger charge is 2.33. The molecule has 1 fully saturated rings. The fourth-order valence-electron chi connectivity index (χ4n) is 2.40. The van der Waals surface area contributed by atoms with Crippen LogP contribution in [0.15, 0.2) is 0 Å². The fraction of sp³-hybridized carbons (Fsp3) is 0.917. The van der Waals surface area contributed by atoms with Gasteiger partial charge in [0.25, 0.3) is 0 Å². The third-order valence-corrected chi connectivity index (χ3v) is 3.24. The molecule has 0 bridgehead atoms. The van der Waals surface area contributed by atoms with Gasteiger partial charge in [0.15, 0.2) is 0 Å². The normalized spacial score (nSPS) is 27.1. The number of carbonyl (C=O) groups is 1. The lowest BCUT2D eigenvalue weighted by molar-refractivity contribution is -0.121. The molecule has 0 heterocycles. The molecule has 1 aliphatic rings. The summed E-state index contributed by atoms with van der Waals surface area (Å²) >= 11 is 0. The van der Waals surface area contributed by atoms with Gasteiger partial charge in [-0.15, -0.1) is 0 Å². The maximum absolute atomic E-state index is 11.6. The Hall–Kier alpha value is -0.370. The molecule has 82 valence electrons. The van der Waals surface area contributed by atoms with Crippen molar-refractivity contribution in [2.45, 2.75) is 45.4 Å². The van der Waals surface area contributed by atoms with E-state index in [2.05, 4.69) is 6.92 Å². The summed E-state index contributed by atoms with van der Waals surface area (Å²) in [6.07, 6.45) is 6.60. The van der Waals surface area contributed by atoms with E-state index in [9.17, 15) is 4.79 Å². The molecule has 1 rings (SSSR count). The van der Waals surface area contributed by atoms with Gasteiger partial charge in [-0.1, -0.05) is 26.2 Å². The molecule has 0 saturated heterocycles. The minimum atomic E-state index is 0.307. The summed E-state index contributed by atoms with van der Waals surface area (Å²) in [6.45, 7) is 2.96. The Morgan fingerprint density at radius 2 is 2.21 bits per heavy atom. The van der Waals surface area contributed by atoms with Gasteiger partial charge < -0.3 is 4.74 Å². The van der Waals surface area contributed by atoms with Crippen LogP contribution in [0.1, 0.15) is 45.4 Å². The topological polar surface area (TPSA) is 26.3 Å². The van der Waals surface area contributed by atoms with Crippen molar-refractivity contribution in [3.8, 4) is 0 Å². The van der Waals surface area contributed by atoms with Crippen LogP contribution in [-0.2, 0) is 9.53 Å². The van der Waals surface area contributed by atoms with Crippen LogP contribution < -0.4 is 0 Å². The zero-order chi connectivity index (χ0) is 10.4. The average Bonchev–Trinajstić information content (AvgIpc) is 2.50. The first kappa shape index (κ1) is 11.7. The van der Waals surface area contributed by atoms with E-state index in [1.807, 2.05) is 0 Å². The van der Waals surface area contributed by atoms with Crippen molar-refractivity contribution in [3.05, 3.63) is 0 Å². The number of ether oxygens (including phenoxy) is 1. The Balaban J connectivity index is 2.33. The number of carbonyl (C=O) groups excluding carboxylic acids is 1. The van der Waals surface area contributed by atoms with E-state index in [1.54, 1.807) is 7.11 Å². The molecule has 0 aromatic carbocycles. The molecule has 0 aromatic rings. The molecule has 2 nitrogen and oxygen atoms in total. The molecular formula is C12H22O2. The Morgan fingerprint density at radius 3 is 2.86 bits per heavy atom. The van der Waals surface area contributed by atoms with Gasteiger partial charge in [-0.25, -0.2) is 0 Å². The summed E-state index contributed by atoms with van der Waals surface area (Å²) in [5, 5.41) is 0. The second kappa shape index (κ2) is 6.18. The van der Waals surface area contributed by atoms with Crippen LogP contribution in [0.25, 0.3) is 0 Å². The summed E-state index contributed by atoms with van der Waals surface area (Å²) in [5.74, 6) is 1.29. The molecule has 14 heavy (non-hydrogen) atoms. The van der Waals surface area contributed by atoms with Crippen LogP contribution in [0.2, 0.25) is 0 Å². The Bertz CT molecular complexity index is 177. The summed E-state index contributed by atoms with van der Waals surface area (Å²) in [4.78, 5) is 11.6. The van der Waals surface area contributed by atoms with Crippen molar-refractivity contribution >= 4 is 5.78 Å². The van der Waals surface area contributed by atoms with Crippen molar-refractivity contribution in [1.29, 1.82) is 0 Å². The highest BCUT2D eigenvalue weighted by Crippen LogP contribution is 2.32. The SMILES string of the molecule is CCCCCC1C(=O)CCC1COC. The largest absolute Gasteiger partial charge is 0.384 e. The van der Waals surface area contributed by atoms with Crippen molar-refractivity contribution in [3.63, 3.8) is 0 Å². The molecule has 2 atom stereocenters. The predicted octanol–water partition coefficient (Wildman–Crippen LogP) is 2.81. The number of methoxy groups -OCH3 is 1. The van der Waals surface area contributed by atoms with Gasteiger partial charge in [0.1, 0.15) is 5.78 Å². The zero-order valence-electron chi connectivity index (χ0n) is 9.42. The van der Waals surface area contributed by atoms with Crippen LogP contribution in [0, 0.1) is 11.8 Å². The van der Waals surface area contributed by atoms with Crippen LogP contribution in [0.5, 0.6) is 0 Å². The smallest absolute Gasteiger partial charge is 0.136 e. The van der Waals surface area contributed by atoms with E-state index >= 15 is 0 Å². The van der Waals surface area contributed by atoms with Crippen LogP contribution in [0.3, 0.4) is 0 Å². The average molecular weight is 198 g/mol. The van der Waals surface area contributed by atoms with Crippen molar-refractivity contribution in [2.75, 3.05) is 13.7 Å². The lowest BCUT2D eigenvalue weighted by Crippen LogP contribution is -2.18. The molecular weight excluding hydrogens is 176 g/mol. The van der Waals surface area contributed by atoms with Crippen LogP contribution in [0.4, 0.5) is 0 Å². The number of Topliss-reactive ketones (excluding diaryl/α,β-unsaturated/α-hetero) is 1. The maximum Gasteiger partial charge on any atom is 0.136 e. The quantitative estimate of drug-likeness (QED) is 0.613. The van der Waals surface area contributed by atoms with Gasteiger partial charge in [0.05, 0.1) is 0 Å². The third-order valence-electron chi connectivity index (χ3n) is 3.24. The van der Waals surface area contributed by atoms with E-state index in [0.717, 1.165) is 25.9 Å². The summed E-state index contributed by atoms with van der Waals surface area (Å²) in [6, 6.07) is 0. The molecule has 2 heteroatoms. The molecule has 0 radical (unpaired) electrons. The van der Waals surface area contributed by atoms with E-state index in [1.165, 1.54) is 19.3 Å².